The molecule has 0 bridgehead atoms. The number of amides is 1. The van der Waals surface area contributed by atoms with Crippen LogP contribution in [0, 0.1) is 6.92 Å². The Hall–Kier alpha value is -3.08. The minimum Gasteiger partial charge on any atom is -0.441 e. The van der Waals surface area contributed by atoms with E-state index >= 15 is 0 Å². The molecule has 5 nitrogen and oxygen atoms in total. The lowest BCUT2D eigenvalue weighted by Gasteiger charge is -2.13. The van der Waals surface area contributed by atoms with Crippen molar-refractivity contribution >= 4 is 17.3 Å². The standard InChI is InChI=1S/C19H19N3O2/c1-13-12-20-19(24-13)15-7-4-8-16(10-15)21-18(23)14-6-5-9-17(11-14)22(2)3/h4-12H,1-3H3,(H,21,23). The van der Waals surface area contributed by atoms with Crippen molar-refractivity contribution in [3.63, 3.8) is 0 Å². The minimum absolute atomic E-state index is 0.153. The average Bonchev–Trinajstić information content (AvgIpc) is 3.02. The molecule has 3 aromatic rings. The molecule has 122 valence electrons. The van der Waals surface area contributed by atoms with E-state index in [-0.39, 0.29) is 5.91 Å². The maximum atomic E-state index is 12.5. The molecule has 24 heavy (non-hydrogen) atoms. The molecule has 2 aromatic carbocycles. The van der Waals surface area contributed by atoms with Crippen molar-refractivity contribution in [2.24, 2.45) is 0 Å². The zero-order chi connectivity index (χ0) is 17.1. The van der Waals surface area contributed by atoms with Crippen molar-refractivity contribution in [2.45, 2.75) is 6.92 Å². The third-order valence-electron chi connectivity index (χ3n) is 3.61. The van der Waals surface area contributed by atoms with Crippen molar-refractivity contribution in [3.05, 3.63) is 66.1 Å². The van der Waals surface area contributed by atoms with Gasteiger partial charge in [0.1, 0.15) is 5.76 Å². The smallest absolute Gasteiger partial charge is 0.255 e. The molecule has 1 heterocycles. The van der Waals surface area contributed by atoms with Crippen LogP contribution in [0.3, 0.4) is 0 Å². The second-order valence-corrected chi connectivity index (χ2v) is 5.76. The number of nitrogens with one attached hydrogen (secondary N) is 1. The lowest BCUT2D eigenvalue weighted by molar-refractivity contribution is 0.102. The van der Waals surface area contributed by atoms with Gasteiger partial charge in [-0.05, 0) is 43.3 Å². The lowest BCUT2D eigenvalue weighted by atomic mass is 10.1. The quantitative estimate of drug-likeness (QED) is 0.790. The summed E-state index contributed by atoms with van der Waals surface area (Å²) in [6.45, 7) is 1.85. The van der Waals surface area contributed by atoms with Gasteiger partial charge in [0.15, 0.2) is 0 Å². The topological polar surface area (TPSA) is 58.4 Å². The third-order valence-corrected chi connectivity index (χ3v) is 3.61. The molecule has 5 heteroatoms. The molecule has 0 saturated carbocycles. The first-order chi connectivity index (χ1) is 11.5. The van der Waals surface area contributed by atoms with Crippen LogP contribution in [0.1, 0.15) is 16.1 Å². The SMILES string of the molecule is Cc1cnc(-c2cccc(NC(=O)c3cccc(N(C)C)c3)c2)o1. The highest BCUT2D eigenvalue weighted by Gasteiger charge is 2.10. The van der Waals surface area contributed by atoms with Gasteiger partial charge in [-0.25, -0.2) is 4.98 Å². The normalized spacial score (nSPS) is 10.5. The fourth-order valence-corrected chi connectivity index (χ4v) is 2.35. The van der Waals surface area contributed by atoms with Gasteiger partial charge in [0.25, 0.3) is 5.91 Å². The van der Waals surface area contributed by atoms with E-state index in [1.165, 1.54) is 0 Å². The molecule has 0 aliphatic heterocycles. The third kappa shape index (κ3) is 3.46. The van der Waals surface area contributed by atoms with Gasteiger partial charge in [0.05, 0.1) is 6.20 Å². The van der Waals surface area contributed by atoms with E-state index in [0.29, 0.717) is 17.1 Å². The summed E-state index contributed by atoms with van der Waals surface area (Å²) in [6, 6.07) is 14.9. The Kier molecular flexibility index (Phi) is 4.33. The fourth-order valence-electron chi connectivity index (χ4n) is 2.35. The molecule has 1 aromatic heterocycles. The van der Waals surface area contributed by atoms with Gasteiger partial charge in [-0.15, -0.1) is 0 Å². The van der Waals surface area contributed by atoms with Gasteiger partial charge in [0.2, 0.25) is 5.89 Å². The molecule has 0 radical (unpaired) electrons. The predicted molar refractivity (Wildman–Crippen MR) is 95.4 cm³/mol. The zero-order valence-electron chi connectivity index (χ0n) is 13.9. The van der Waals surface area contributed by atoms with Crippen LogP contribution < -0.4 is 10.2 Å². The van der Waals surface area contributed by atoms with Crippen LogP contribution in [0.5, 0.6) is 0 Å². The first-order valence-electron chi connectivity index (χ1n) is 7.64. The van der Waals surface area contributed by atoms with Crippen molar-refractivity contribution in [2.75, 3.05) is 24.3 Å². The van der Waals surface area contributed by atoms with Crippen LogP contribution >= 0.6 is 0 Å². The highest BCUT2D eigenvalue weighted by molar-refractivity contribution is 6.05. The van der Waals surface area contributed by atoms with E-state index in [4.69, 9.17) is 4.42 Å². The van der Waals surface area contributed by atoms with E-state index < -0.39 is 0 Å². The molecule has 1 amide bonds. The van der Waals surface area contributed by atoms with Crippen LogP contribution in [-0.4, -0.2) is 25.0 Å². The summed E-state index contributed by atoms with van der Waals surface area (Å²) in [4.78, 5) is 18.6. The Morgan fingerprint density at radius 1 is 1.12 bits per heavy atom. The number of benzene rings is 2. The summed E-state index contributed by atoms with van der Waals surface area (Å²) in [7, 11) is 3.89. The highest BCUT2D eigenvalue weighted by atomic mass is 16.4. The summed E-state index contributed by atoms with van der Waals surface area (Å²) in [5.41, 5.74) is 3.11. The van der Waals surface area contributed by atoms with Crippen LogP contribution in [-0.2, 0) is 0 Å². The van der Waals surface area contributed by atoms with Gasteiger partial charge in [-0.2, -0.15) is 0 Å². The fraction of sp³-hybridized carbons (Fsp3) is 0.158. The number of hydrogen-bond acceptors (Lipinski definition) is 4. The second kappa shape index (κ2) is 6.58. The first-order valence-corrected chi connectivity index (χ1v) is 7.64. The van der Waals surface area contributed by atoms with Crippen LogP contribution in [0.15, 0.2) is 59.1 Å². The van der Waals surface area contributed by atoms with Crippen LogP contribution in [0.2, 0.25) is 0 Å². The van der Waals surface area contributed by atoms with Crippen LogP contribution in [0.25, 0.3) is 11.5 Å². The summed E-state index contributed by atoms with van der Waals surface area (Å²) >= 11 is 0. The molecular weight excluding hydrogens is 302 g/mol. The summed E-state index contributed by atoms with van der Waals surface area (Å²) < 4.78 is 5.53. The first kappa shape index (κ1) is 15.8. The van der Waals surface area contributed by atoms with Crippen molar-refractivity contribution in [3.8, 4) is 11.5 Å². The summed E-state index contributed by atoms with van der Waals surface area (Å²) in [5, 5.41) is 2.91. The van der Waals surface area contributed by atoms with Gasteiger partial charge in [0, 0.05) is 36.6 Å². The number of oxazole rings is 1. The largest absolute Gasteiger partial charge is 0.441 e. The number of aromatic nitrogens is 1. The molecule has 1 N–H and O–H groups in total. The Morgan fingerprint density at radius 3 is 2.62 bits per heavy atom. The molecule has 0 aliphatic rings. The number of carbonyl (C=O) groups is 1. The molecule has 0 fully saturated rings. The maximum absolute atomic E-state index is 12.5. The number of anilines is 2. The minimum atomic E-state index is -0.153. The molecule has 0 aliphatic carbocycles. The number of rotatable bonds is 4. The average molecular weight is 321 g/mol. The molecule has 0 atom stereocenters. The molecule has 3 rings (SSSR count). The Labute approximate surface area is 140 Å². The van der Waals surface area contributed by atoms with E-state index in [1.54, 1.807) is 12.3 Å². The molecular formula is C19H19N3O2. The van der Waals surface area contributed by atoms with E-state index in [2.05, 4.69) is 10.3 Å². The monoisotopic (exact) mass is 321 g/mol. The number of hydrogen-bond donors (Lipinski definition) is 1. The van der Waals surface area contributed by atoms with Gasteiger partial charge in [-0.1, -0.05) is 12.1 Å². The highest BCUT2D eigenvalue weighted by Crippen LogP contribution is 2.23. The second-order valence-electron chi connectivity index (χ2n) is 5.76. The van der Waals surface area contributed by atoms with E-state index in [9.17, 15) is 4.79 Å². The zero-order valence-corrected chi connectivity index (χ0v) is 13.9. The molecule has 0 unspecified atom stereocenters. The maximum Gasteiger partial charge on any atom is 0.255 e. The molecule has 0 spiro atoms. The summed E-state index contributed by atoms with van der Waals surface area (Å²) in [5.74, 6) is 1.14. The van der Waals surface area contributed by atoms with Crippen molar-refractivity contribution in [1.29, 1.82) is 0 Å². The van der Waals surface area contributed by atoms with Crippen molar-refractivity contribution in [1.82, 2.24) is 4.98 Å². The Morgan fingerprint density at radius 2 is 1.92 bits per heavy atom. The van der Waals surface area contributed by atoms with Gasteiger partial charge < -0.3 is 14.6 Å². The summed E-state index contributed by atoms with van der Waals surface area (Å²) in [6.07, 6.45) is 1.67. The van der Waals surface area contributed by atoms with Gasteiger partial charge in [-0.3, -0.25) is 4.79 Å². The molecule has 0 saturated heterocycles. The van der Waals surface area contributed by atoms with Crippen LogP contribution in [0.4, 0.5) is 11.4 Å². The Bertz CT molecular complexity index is 868. The number of aryl methyl sites for hydroxylation is 1. The van der Waals surface area contributed by atoms with E-state index in [1.807, 2.05) is 68.4 Å². The van der Waals surface area contributed by atoms with E-state index in [0.717, 1.165) is 17.0 Å². The lowest BCUT2D eigenvalue weighted by Crippen LogP contribution is -2.14. The predicted octanol–water partition coefficient (Wildman–Crippen LogP) is 3.97. The number of carbonyl (C=O) groups excluding carboxylic acids is 1. The Balaban J connectivity index is 1.81. The van der Waals surface area contributed by atoms with Gasteiger partial charge >= 0.3 is 0 Å². The van der Waals surface area contributed by atoms with Crippen molar-refractivity contribution < 1.29 is 9.21 Å². The number of nitrogens with zero attached hydrogens (tertiary/aromatic N) is 2.